The summed E-state index contributed by atoms with van der Waals surface area (Å²) in [5.74, 6) is -0.426. The Morgan fingerprint density at radius 1 is 1.17 bits per heavy atom. The lowest BCUT2D eigenvalue weighted by atomic mass is 10.2. The maximum Gasteiger partial charge on any atom is 0.344 e. The minimum Gasteiger partial charge on any atom is -0.404 e. The molecule has 0 N–H and O–H groups in total. The van der Waals surface area contributed by atoms with E-state index in [2.05, 4.69) is 4.98 Å². The maximum absolute atomic E-state index is 11.7. The van der Waals surface area contributed by atoms with Crippen LogP contribution in [0, 0.1) is 10.1 Å². The number of hydrogen-bond donors (Lipinski definition) is 0. The number of ether oxygens (including phenoxy) is 1. The van der Waals surface area contributed by atoms with Crippen LogP contribution < -0.4 is 4.74 Å². The average molecular weight is 244 g/mol. The van der Waals surface area contributed by atoms with Gasteiger partial charge in [-0.1, -0.05) is 6.07 Å². The fraction of sp³-hybridized carbons (Fsp3) is 0. The highest BCUT2D eigenvalue weighted by molar-refractivity contribution is 5.91. The molecule has 0 unspecified atom stereocenters. The first-order valence-electron chi connectivity index (χ1n) is 5.04. The molecule has 90 valence electrons. The Balaban J connectivity index is 2.12. The molecule has 2 rings (SSSR count). The molecule has 0 bridgehead atoms. The van der Waals surface area contributed by atoms with Gasteiger partial charge < -0.3 is 4.74 Å². The molecule has 6 heteroatoms. The lowest BCUT2D eigenvalue weighted by molar-refractivity contribution is -0.384. The van der Waals surface area contributed by atoms with E-state index in [4.69, 9.17) is 4.74 Å². The third kappa shape index (κ3) is 2.67. The summed E-state index contributed by atoms with van der Waals surface area (Å²) in [5.41, 5.74) is 0.149. The summed E-state index contributed by atoms with van der Waals surface area (Å²) in [6.07, 6.45) is 1.50. The Morgan fingerprint density at radius 2 is 1.89 bits per heavy atom. The number of nitro groups is 1. The minimum absolute atomic E-state index is 0.0793. The number of nitro benzene ring substituents is 1. The lowest BCUT2D eigenvalue weighted by Gasteiger charge is -2.02. The topological polar surface area (TPSA) is 82.3 Å². The fourth-order valence-corrected chi connectivity index (χ4v) is 1.28. The van der Waals surface area contributed by atoms with Crippen molar-refractivity contribution in [3.8, 4) is 5.88 Å². The van der Waals surface area contributed by atoms with Gasteiger partial charge in [-0.3, -0.25) is 10.1 Å². The second-order valence-electron chi connectivity index (χ2n) is 3.36. The summed E-state index contributed by atoms with van der Waals surface area (Å²) in [6.45, 7) is 0. The number of benzene rings is 1. The van der Waals surface area contributed by atoms with Crippen molar-refractivity contribution in [3.63, 3.8) is 0 Å². The predicted octanol–water partition coefficient (Wildman–Crippen LogP) is 2.21. The Bertz CT molecular complexity index is 566. The van der Waals surface area contributed by atoms with Gasteiger partial charge in [0.15, 0.2) is 0 Å². The second kappa shape index (κ2) is 5.05. The van der Waals surface area contributed by atoms with E-state index in [-0.39, 0.29) is 17.1 Å². The zero-order chi connectivity index (χ0) is 13.0. The molecule has 0 atom stereocenters. The van der Waals surface area contributed by atoms with E-state index in [1.807, 2.05) is 0 Å². The zero-order valence-electron chi connectivity index (χ0n) is 9.15. The van der Waals surface area contributed by atoms with Crippen LogP contribution in [0.5, 0.6) is 5.88 Å². The normalized spacial score (nSPS) is 9.78. The molecule has 0 radical (unpaired) electrons. The maximum atomic E-state index is 11.7. The number of non-ortho nitro benzene ring substituents is 1. The van der Waals surface area contributed by atoms with Crippen LogP contribution in [0.1, 0.15) is 10.4 Å². The standard InChI is InChI=1S/C12H8N2O4/c15-12(18-11-3-1-2-8-13-11)9-4-6-10(7-5-9)14(16)17/h1-8H. The van der Waals surface area contributed by atoms with E-state index in [0.29, 0.717) is 0 Å². The van der Waals surface area contributed by atoms with Gasteiger partial charge in [0, 0.05) is 24.4 Å². The van der Waals surface area contributed by atoms with Crippen LogP contribution in [0.4, 0.5) is 5.69 Å². The summed E-state index contributed by atoms with van der Waals surface area (Å²) in [6, 6.07) is 10.1. The molecule has 0 saturated carbocycles. The SMILES string of the molecule is O=C(Oc1ccccn1)c1ccc([N+](=O)[O-])cc1. The molecular weight excluding hydrogens is 236 g/mol. The van der Waals surface area contributed by atoms with Crippen molar-refractivity contribution in [2.45, 2.75) is 0 Å². The Morgan fingerprint density at radius 3 is 2.44 bits per heavy atom. The quantitative estimate of drug-likeness (QED) is 0.469. The second-order valence-corrected chi connectivity index (χ2v) is 3.36. The van der Waals surface area contributed by atoms with Crippen molar-refractivity contribution >= 4 is 11.7 Å². The summed E-state index contributed by atoms with van der Waals surface area (Å²) in [5, 5.41) is 10.5. The molecule has 0 fully saturated rings. The monoisotopic (exact) mass is 244 g/mol. The third-order valence-corrected chi connectivity index (χ3v) is 2.15. The predicted molar refractivity (Wildman–Crippen MR) is 62.3 cm³/mol. The number of esters is 1. The van der Waals surface area contributed by atoms with Gasteiger partial charge in [0.2, 0.25) is 5.88 Å². The molecule has 1 aromatic heterocycles. The third-order valence-electron chi connectivity index (χ3n) is 2.15. The van der Waals surface area contributed by atoms with Gasteiger partial charge in [0.1, 0.15) is 0 Å². The number of hydrogen-bond acceptors (Lipinski definition) is 5. The number of rotatable bonds is 3. The molecule has 0 aliphatic rings. The van der Waals surface area contributed by atoms with E-state index >= 15 is 0 Å². The molecule has 0 aliphatic carbocycles. The highest BCUT2D eigenvalue weighted by atomic mass is 16.6. The van der Waals surface area contributed by atoms with Crippen LogP contribution in [0.15, 0.2) is 48.7 Å². The summed E-state index contributed by atoms with van der Waals surface area (Å²) in [4.78, 5) is 25.4. The molecule has 0 spiro atoms. The first-order chi connectivity index (χ1) is 8.66. The average Bonchev–Trinajstić information content (AvgIpc) is 2.40. The van der Waals surface area contributed by atoms with Gasteiger partial charge >= 0.3 is 5.97 Å². The first-order valence-corrected chi connectivity index (χ1v) is 5.04. The van der Waals surface area contributed by atoms with Gasteiger partial charge in [-0.2, -0.15) is 0 Å². The van der Waals surface area contributed by atoms with Gasteiger partial charge in [-0.25, -0.2) is 9.78 Å². The smallest absolute Gasteiger partial charge is 0.344 e. The van der Waals surface area contributed by atoms with E-state index in [0.717, 1.165) is 0 Å². The van der Waals surface area contributed by atoms with Crippen molar-refractivity contribution in [2.24, 2.45) is 0 Å². The molecular formula is C12H8N2O4. The van der Waals surface area contributed by atoms with Crippen LogP contribution in [0.25, 0.3) is 0 Å². The molecule has 0 amide bonds. The van der Waals surface area contributed by atoms with Crippen LogP contribution in [0.2, 0.25) is 0 Å². The minimum atomic E-state index is -0.608. The Hall–Kier alpha value is -2.76. The fourth-order valence-electron chi connectivity index (χ4n) is 1.28. The molecule has 0 saturated heterocycles. The van der Waals surface area contributed by atoms with Crippen molar-refractivity contribution < 1.29 is 14.5 Å². The number of nitrogens with zero attached hydrogens (tertiary/aromatic N) is 2. The molecule has 1 aromatic carbocycles. The van der Waals surface area contributed by atoms with E-state index in [9.17, 15) is 14.9 Å². The Kier molecular flexibility index (Phi) is 3.29. The lowest BCUT2D eigenvalue weighted by Crippen LogP contribution is -2.09. The van der Waals surface area contributed by atoms with Gasteiger partial charge in [-0.05, 0) is 18.2 Å². The van der Waals surface area contributed by atoms with Crippen LogP contribution in [0.3, 0.4) is 0 Å². The highest BCUT2D eigenvalue weighted by Crippen LogP contribution is 2.13. The molecule has 1 heterocycles. The van der Waals surface area contributed by atoms with E-state index < -0.39 is 10.9 Å². The van der Waals surface area contributed by atoms with E-state index in [1.165, 1.54) is 30.5 Å². The summed E-state index contributed by atoms with van der Waals surface area (Å²) < 4.78 is 4.98. The van der Waals surface area contributed by atoms with Crippen LogP contribution in [-0.2, 0) is 0 Å². The van der Waals surface area contributed by atoms with Crippen molar-refractivity contribution in [1.29, 1.82) is 0 Å². The molecule has 6 nitrogen and oxygen atoms in total. The van der Waals surface area contributed by atoms with Gasteiger partial charge in [0.05, 0.1) is 10.5 Å². The van der Waals surface area contributed by atoms with Crippen molar-refractivity contribution in [1.82, 2.24) is 4.98 Å². The van der Waals surface area contributed by atoms with E-state index in [1.54, 1.807) is 18.2 Å². The number of aromatic nitrogens is 1. The van der Waals surface area contributed by atoms with Crippen molar-refractivity contribution in [3.05, 3.63) is 64.3 Å². The van der Waals surface area contributed by atoms with Crippen LogP contribution in [-0.4, -0.2) is 15.9 Å². The van der Waals surface area contributed by atoms with Gasteiger partial charge in [0.25, 0.3) is 5.69 Å². The number of carbonyl (C=O) groups excluding carboxylic acids is 1. The van der Waals surface area contributed by atoms with Crippen LogP contribution >= 0.6 is 0 Å². The Labute approximate surface area is 102 Å². The van der Waals surface area contributed by atoms with Crippen molar-refractivity contribution in [2.75, 3.05) is 0 Å². The number of pyridine rings is 1. The first kappa shape index (κ1) is 11.7. The van der Waals surface area contributed by atoms with Gasteiger partial charge in [-0.15, -0.1) is 0 Å². The highest BCUT2D eigenvalue weighted by Gasteiger charge is 2.11. The zero-order valence-corrected chi connectivity index (χ0v) is 9.15. The summed E-state index contributed by atoms with van der Waals surface area (Å²) in [7, 11) is 0. The largest absolute Gasteiger partial charge is 0.404 e. The molecule has 0 aliphatic heterocycles. The summed E-state index contributed by atoms with van der Waals surface area (Å²) >= 11 is 0. The number of carbonyl (C=O) groups is 1. The molecule has 18 heavy (non-hydrogen) atoms. The molecule has 2 aromatic rings.